The minimum Gasteiger partial charge on any atom is -0.436 e. The number of hydrogen-bond acceptors (Lipinski definition) is 5. The van der Waals surface area contributed by atoms with Crippen LogP contribution in [0, 0.1) is 0 Å². The minimum absolute atomic E-state index is 0.349. The number of nitrogens with zero attached hydrogens (tertiary/aromatic N) is 4. The standard InChI is InChI=1S/C18H14N4O2/c1-2-22-10-14(9-20-22)12-3-4-17-16(8-12)21-18(24-17)13-5-6-19-15(7-13)11-23/h3-11H,2H2,1H3. The maximum atomic E-state index is 10.9. The molecule has 4 aromatic rings. The number of fused-ring (bicyclic) bond motifs is 1. The van der Waals surface area contributed by atoms with Crippen LogP contribution in [-0.2, 0) is 6.54 Å². The highest BCUT2D eigenvalue weighted by atomic mass is 16.3. The van der Waals surface area contributed by atoms with Crippen LogP contribution >= 0.6 is 0 Å². The summed E-state index contributed by atoms with van der Waals surface area (Å²) < 4.78 is 7.68. The molecule has 0 unspecified atom stereocenters. The van der Waals surface area contributed by atoms with Crippen LogP contribution in [0.3, 0.4) is 0 Å². The average Bonchev–Trinajstić information content (AvgIpc) is 3.27. The molecule has 0 spiro atoms. The number of aromatic nitrogens is 4. The van der Waals surface area contributed by atoms with E-state index in [1.54, 1.807) is 18.3 Å². The highest BCUT2D eigenvalue weighted by molar-refractivity contribution is 5.82. The molecule has 0 bridgehead atoms. The number of rotatable bonds is 4. The number of carbonyl (C=O) groups is 1. The molecule has 4 rings (SSSR count). The Morgan fingerprint density at radius 2 is 2.08 bits per heavy atom. The van der Waals surface area contributed by atoms with Crippen LogP contribution in [0.25, 0.3) is 33.7 Å². The molecule has 1 aromatic carbocycles. The van der Waals surface area contributed by atoms with E-state index in [4.69, 9.17) is 4.42 Å². The minimum atomic E-state index is 0.349. The van der Waals surface area contributed by atoms with Crippen LogP contribution in [0.4, 0.5) is 0 Å². The van der Waals surface area contributed by atoms with Crippen molar-refractivity contribution in [1.29, 1.82) is 0 Å². The van der Waals surface area contributed by atoms with Crippen molar-refractivity contribution in [3.8, 4) is 22.6 Å². The Hall–Kier alpha value is -3.28. The Kier molecular flexibility index (Phi) is 3.42. The summed E-state index contributed by atoms with van der Waals surface area (Å²) in [4.78, 5) is 19.4. The van der Waals surface area contributed by atoms with E-state index in [0.29, 0.717) is 23.5 Å². The van der Waals surface area contributed by atoms with Gasteiger partial charge in [0.15, 0.2) is 11.9 Å². The molecular weight excluding hydrogens is 304 g/mol. The van der Waals surface area contributed by atoms with Crippen LogP contribution in [0.1, 0.15) is 17.4 Å². The van der Waals surface area contributed by atoms with Crippen molar-refractivity contribution in [1.82, 2.24) is 19.7 Å². The van der Waals surface area contributed by atoms with Gasteiger partial charge in [0, 0.05) is 30.1 Å². The number of hydrogen-bond donors (Lipinski definition) is 0. The first-order chi connectivity index (χ1) is 11.8. The first-order valence-electron chi connectivity index (χ1n) is 7.62. The second kappa shape index (κ2) is 5.73. The molecule has 118 valence electrons. The Balaban J connectivity index is 1.76. The van der Waals surface area contributed by atoms with Crippen molar-refractivity contribution in [2.75, 3.05) is 0 Å². The van der Waals surface area contributed by atoms with Gasteiger partial charge >= 0.3 is 0 Å². The summed E-state index contributed by atoms with van der Waals surface area (Å²) in [7, 11) is 0. The zero-order valence-corrected chi connectivity index (χ0v) is 13.0. The quantitative estimate of drug-likeness (QED) is 0.538. The predicted molar refractivity (Wildman–Crippen MR) is 89.5 cm³/mol. The van der Waals surface area contributed by atoms with Gasteiger partial charge in [0.1, 0.15) is 11.2 Å². The van der Waals surface area contributed by atoms with Gasteiger partial charge in [-0.25, -0.2) is 4.98 Å². The summed E-state index contributed by atoms with van der Waals surface area (Å²) in [5.41, 5.74) is 4.60. The fourth-order valence-corrected chi connectivity index (χ4v) is 2.56. The van der Waals surface area contributed by atoms with E-state index in [0.717, 1.165) is 28.8 Å². The number of oxazole rings is 1. The van der Waals surface area contributed by atoms with Crippen LogP contribution in [0.2, 0.25) is 0 Å². The Labute approximate surface area is 137 Å². The molecule has 0 aliphatic rings. The third kappa shape index (κ3) is 2.48. The average molecular weight is 318 g/mol. The lowest BCUT2D eigenvalue weighted by Crippen LogP contribution is -1.91. The Morgan fingerprint density at radius 1 is 1.17 bits per heavy atom. The largest absolute Gasteiger partial charge is 0.436 e. The zero-order valence-electron chi connectivity index (χ0n) is 13.0. The molecule has 0 amide bonds. The molecule has 0 saturated carbocycles. The Morgan fingerprint density at radius 3 is 2.88 bits per heavy atom. The van der Waals surface area contributed by atoms with Crippen molar-refractivity contribution >= 4 is 17.4 Å². The summed E-state index contributed by atoms with van der Waals surface area (Å²) in [5, 5.41) is 4.30. The van der Waals surface area contributed by atoms with Crippen LogP contribution in [0.5, 0.6) is 0 Å². The molecule has 0 aliphatic carbocycles. The van der Waals surface area contributed by atoms with Gasteiger partial charge in [0.25, 0.3) is 0 Å². The molecule has 0 radical (unpaired) electrons. The van der Waals surface area contributed by atoms with Gasteiger partial charge in [-0.05, 0) is 36.8 Å². The first kappa shape index (κ1) is 14.3. The third-order valence-electron chi connectivity index (χ3n) is 3.83. The molecular formula is C18H14N4O2. The van der Waals surface area contributed by atoms with Gasteiger partial charge in [0.05, 0.1) is 6.20 Å². The van der Waals surface area contributed by atoms with E-state index in [9.17, 15) is 4.79 Å². The monoisotopic (exact) mass is 318 g/mol. The van der Waals surface area contributed by atoms with Gasteiger partial charge in [-0.1, -0.05) is 6.07 Å². The Bertz CT molecular complexity index is 1030. The lowest BCUT2D eigenvalue weighted by molar-refractivity contribution is 0.111. The van der Waals surface area contributed by atoms with Crippen LogP contribution in [-0.4, -0.2) is 26.0 Å². The van der Waals surface area contributed by atoms with E-state index in [1.807, 2.05) is 42.2 Å². The molecule has 3 aromatic heterocycles. The highest BCUT2D eigenvalue weighted by Crippen LogP contribution is 2.28. The van der Waals surface area contributed by atoms with Gasteiger partial charge < -0.3 is 4.42 Å². The summed E-state index contributed by atoms with van der Waals surface area (Å²) in [6, 6.07) is 9.28. The molecule has 0 N–H and O–H groups in total. The van der Waals surface area contributed by atoms with Gasteiger partial charge in [-0.2, -0.15) is 5.10 Å². The van der Waals surface area contributed by atoms with Gasteiger partial charge in [-0.3, -0.25) is 14.5 Å². The summed E-state index contributed by atoms with van der Waals surface area (Å²) in [6.45, 7) is 2.88. The second-order valence-electron chi connectivity index (χ2n) is 5.37. The molecule has 0 aliphatic heterocycles. The maximum Gasteiger partial charge on any atom is 0.227 e. The van der Waals surface area contributed by atoms with Gasteiger partial charge in [0.2, 0.25) is 5.89 Å². The van der Waals surface area contributed by atoms with Crippen molar-refractivity contribution in [3.05, 3.63) is 54.6 Å². The molecule has 0 atom stereocenters. The summed E-state index contributed by atoms with van der Waals surface area (Å²) in [5.74, 6) is 0.469. The fourth-order valence-electron chi connectivity index (χ4n) is 2.56. The van der Waals surface area contributed by atoms with E-state index in [1.165, 1.54) is 0 Å². The number of carbonyl (C=O) groups excluding carboxylic acids is 1. The second-order valence-corrected chi connectivity index (χ2v) is 5.37. The summed E-state index contributed by atoms with van der Waals surface area (Å²) in [6.07, 6.45) is 6.11. The van der Waals surface area contributed by atoms with Crippen LogP contribution < -0.4 is 0 Å². The number of aldehydes is 1. The predicted octanol–water partition coefficient (Wildman–Crippen LogP) is 3.59. The van der Waals surface area contributed by atoms with Crippen molar-refractivity contribution in [2.45, 2.75) is 13.5 Å². The number of benzene rings is 1. The van der Waals surface area contributed by atoms with E-state index in [-0.39, 0.29) is 0 Å². The van der Waals surface area contributed by atoms with Crippen molar-refractivity contribution < 1.29 is 9.21 Å². The highest BCUT2D eigenvalue weighted by Gasteiger charge is 2.11. The lowest BCUT2D eigenvalue weighted by atomic mass is 10.1. The number of aryl methyl sites for hydroxylation is 1. The molecule has 24 heavy (non-hydrogen) atoms. The molecule has 0 fully saturated rings. The fraction of sp³-hybridized carbons (Fsp3) is 0.111. The van der Waals surface area contributed by atoms with E-state index in [2.05, 4.69) is 15.1 Å². The molecule has 6 heteroatoms. The normalized spacial score (nSPS) is 11.0. The summed E-state index contributed by atoms with van der Waals surface area (Å²) >= 11 is 0. The molecule has 6 nitrogen and oxygen atoms in total. The number of pyridine rings is 1. The molecule has 3 heterocycles. The SMILES string of the molecule is CCn1cc(-c2ccc3oc(-c4ccnc(C=O)c4)nc3c2)cn1. The van der Waals surface area contributed by atoms with Crippen molar-refractivity contribution in [3.63, 3.8) is 0 Å². The first-order valence-corrected chi connectivity index (χ1v) is 7.62. The lowest BCUT2D eigenvalue weighted by Gasteiger charge is -1.96. The zero-order chi connectivity index (χ0) is 16.5. The van der Waals surface area contributed by atoms with E-state index < -0.39 is 0 Å². The third-order valence-corrected chi connectivity index (χ3v) is 3.83. The van der Waals surface area contributed by atoms with Gasteiger partial charge in [-0.15, -0.1) is 0 Å². The van der Waals surface area contributed by atoms with Crippen molar-refractivity contribution in [2.24, 2.45) is 0 Å². The van der Waals surface area contributed by atoms with E-state index >= 15 is 0 Å². The molecule has 0 saturated heterocycles. The smallest absolute Gasteiger partial charge is 0.227 e. The maximum absolute atomic E-state index is 10.9. The topological polar surface area (TPSA) is 73.8 Å². The van der Waals surface area contributed by atoms with Crippen LogP contribution in [0.15, 0.2) is 53.3 Å².